The fourth-order valence-electron chi connectivity index (χ4n) is 0.358. The Morgan fingerprint density at radius 1 is 0.765 bits per heavy atom. The predicted molar refractivity (Wildman–Crippen MR) is 78.6 cm³/mol. The number of nitrogens with one attached hydrogen (secondary N) is 2. The third-order valence-electron chi connectivity index (χ3n) is 1.87. The summed E-state index contributed by atoms with van der Waals surface area (Å²) >= 11 is 0. The van der Waals surface area contributed by atoms with E-state index in [9.17, 15) is 0 Å². The number of amidine groups is 2. The van der Waals surface area contributed by atoms with Crippen molar-refractivity contribution in [3.8, 4) is 0 Å². The molecule has 6 N–H and O–H groups in total. The number of hydrogen-bond donors (Lipinski definition) is 4. The van der Waals surface area contributed by atoms with Gasteiger partial charge in [0, 0.05) is 0 Å². The maximum Gasteiger partial charge on any atom is 0.132 e. The van der Waals surface area contributed by atoms with E-state index in [4.69, 9.17) is 22.3 Å². The molecule has 0 fully saturated rings. The molecule has 0 aromatic rings. The molecule has 0 rings (SSSR count). The van der Waals surface area contributed by atoms with Crippen LogP contribution < -0.4 is 11.5 Å². The normalized spacial score (nSPS) is 10.8. The number of halogens is 3. The van der Waals surface area contributed by atoms with Gasteiger partial charge in [0.15, 0.2) is 0 Å². The Bertz CT molecular complexity index is 259. The molecule has 17 heavy (non-hydrogen) atoms. The summed E-state index contributed by atoms with van der Waals surface area (Å²) in [6, 6.07) is 0. The molecule has 0 atom stereocenters. The SMILES string of the molecule is CC(C)(/N=N/C(C)(C)C(=N)N)C(=N)N.Cl.Cl.Cl. The Labute approximate surface area is 120 Å². The molecule has 6 nitrogen and oxygen atoms in total. The lowest BCUT2D eigenvalue weighted by atomic mass is 10.1. The molecule has 9 heteroatoms. The van der Waals surface area contributed by atoms with Gasteiger partial charge in [-0.05, 0) is 27.7 Å². The van der Waals surface area contributed by atoms with Crippen LogP contribution in [0.3, 0.4) is 0 Å². The summed E-state index contributed by atoms with van der Waals surface area (Å²) < 4.78 is 0. The lowest BCUT2D eigenvalue weighted by Gasteiger charge is -2.20. The van der Waals surface area contributed by atoms with E-state index in [0.29, 0.717) is 0 Å². The van der Waals surface area contributed by atoms with E-state index < -0.39 is 11.1 Å². The molecule has 0 heterocycles. The molecule has 0 spiro atoms. The summed E-state index contributed by atoms with van der Waals surface area (Å²) in [5.41, 5.74) is 8.96. The minimum Gasteiger partial charge on any atom is -0.386 e. The molecule has 0 aromatic carbocycles. The van der Waals surface area contributed by atoms with Gasteiger partial charge >= 0.3 is 0 Å². The van der Waals surface area contributed by atoms with Crippen LogP contribution in [0.15, 0.2) is 10.2 Å². The van der Waals surface area contributed by atoms with Gasteiger partial charge in [-0.1, -0.05) is 0 Å². The van der Waals surface area contributed by atoms with Crippen molar-refractivity contribution in [3.05, 3.63) is 0 Å². The molecule has 0 bridgehead atoms. The molecular weight excluding hydrogens is 286 g/mol. The standard InChI is InChI=1S/C8H18N6.3ClH/c1-7(2,5(9)10)13-14-8(3,4)6(11)12;;;/h1-4H3,(H3,9,10)(H3,11,12);3*1H/b14-13+;;;. The lowest BCUT2D eigenvalue weighted by Crippen LogP contribution is -2.38. The minimum atomic E-state index is -0.841. The maximum atomic E-state index is 7.25. The second-order valence-electron chi connectivity index (χ2n) is 4.15. The van der Waals surface area contributed by atoms with E-state index in [1.54, 1.807) is 27.7 Å². The monoisotopic (exact) mass is 306 g/mol. The summed E-state index contributed by atoms with van der Waals surface area (Å²) in [6.45, 7) is 6.70. The molecule has 0 aromatic heterocycles. The second kappa shape index (κ2) is 8.49. The largest absolute Gasteiger partial charge is 0.386 e. The van der Waals surface area contributed by atoms with Gasteiger partial charge in [0.2, 0.25) is 0 Å². The number of rotatable bonds is 4. The van der Waals surface area contributed by atoms with Crippen molar-refractivity contribution in [2.75, 3.05) is 0 Å². The average molecular weight is 308 g/mol. The highest BCUT2D eigenvalue weighted by Gasteiger charge is 2.25. The van der Waals surface area contributed by atoms with Crippen molar-refractivity contribution in [1.29, 1.82) is 10.8 Å². The molecule has 0 aliphatic carbocycles. The summed E-state index contributed by atoms with van der Waals surface area (Å²) in [5.74, 6) is -0.138. The molecule has 104 valence electrons. The van der Waals surface area contributed by atoms with Gasteiger partial charge in [0.25, 0.3) is 0 Å². The number of nitrogens with two attached hydrogens (primary N) is 2. The van der Waals surface area contributed by atoms with E-state index in [1.165, 1.54) is 0 Å². The predicted octanol–water partition coefficient (Wildman–Crippen LogP) is 2.13. The summed E-state index contributed by atoms with van der Waals surface area (Å²) in [6.07, 6.45) is 0. The van der Waals surface area contributed by atoms with Crippen LogP contribution in [0.4, 0.5) is 0 Å². The van der Waals surface area contributed by atoms with E-state index in [2.05, 4.69) is 10.2 Å². The smallest absolute Gasteiger partial charge is 0.132 e. The molecule has 0 saturated heterocycles. The third-order valence-corrected chi connectivity index (χ3v) is 1.87. The van der Waals surface area contributed by atoms with Crippen molar-refractivity contribution >= 4 is 48.9 Å². The summed E-state index contributed by atoms with van der Waals surface area (Å²) in [5, 5.41) is 22.3. The van der Waals surface area contributed by atoms with Crippen molar-refractivity contribution in [2.45, 2.75) is 38.8 Å². The first kappa shape index (κ1) is 25.3. The van der Waals surface area contributed by atoms with E-state index in [-0.39, 0.29) is 48.9 Å². The van der Waals surface area contributed by atoms with Crippen molar-refractivity contribution in [3.63, 3.8) is 0 Å². The van der Waals surface area contributed by atoms with Crippen molar-refractivity contribution < 1.29 is 0 Å². The Kier molecular flexibility index (Phi) is 12.6. The van der Waals surface area contributed by atoms with Gasteiger partial charge in [-0.3, -0.25) is 10.8 Å². The number of hydrogen-bond acceptors (Lipinski definition) is 4. The maximum absolute atomic E-state index is 7.25. The van der Waals surface area contributed by atoms with Gasteiger partial charge in [0.1, 0.15) is 22.7 Å². The van der Waals surface area contributed by atoms with E-state index >= 15 is 0 Å². The molecule has 0 saturated carbocycles. The third kappa shape index (κ3) is 8.18. The molecule has 0 radical (unpaired) electrons. The first-order valence-electron chi connectivity index (χ1n) is 4.22. The second-order valence-corrected chi connectivity index (χ2v) is 4.15. The van der Waals surface area contributed by atoms with Crippen molar-refractivity contribution in [2.24, 2.45) is 21.7 Å². The molecule has 0 aliphatic heterocycles. The molecular formula is C8H21Cl3N6. The van der Waals surface area contributed by atoms with Gasteiger partial charge in [-0.25, -0.2) is 0 Å². The van der Waals surface area contributed by atoms with Crippen LogP contribution in [-0.4, -0.2) is 22.7 Å². The summed E-state index contributed by atoms with van der Waals surface area (Å²) in [7, 11) is 0. The Hall–Kier alpha value is -0.590. The van der Waals surface area contributed by atoms with Gasteiger partial charge in [0.05, 0.1) is 0 Å². The van der Waals surface area contributed by atoms with Crippen LogP contribution in [0, 0.1) is 10.8 Å². The zero-order valence-electron chi connectivity index (χ0n) is 10.3. The Morgan fingerprint density at radius 3 is 1.06 bits per heavy atom. The van der Waals surface area contributed by atoms with Crippen LogP contribution in [0.1, 0.15) is 27.7 Å². The van der Waals surface area contributed by atoms with E-state index in [1.807, 2.05) is 0 Å². The Morgan fingerprint density at radius 2 is 0.941 bits per heavy atom. The highest BCUT2D eigenvalue weighted by Crippen LogP contribution is 2.15. The molecule has 0 amide bonds. The minimum absolute atomic E-state index is 0. The Balaban J connectivity index is -0.000000282. The summed E-state index contributed by atoms with van der Waals surface area (Å²) in [4.78, 5) is 0. The molecule has 0 aliphatic rings. The zero-order chi connectivity index (χ0) is 11.6. The molecule has 0 unspecified atom stereocenters. The van der Waals surface area contributed by atoms with Crippen LogP contribution in [-0.2, 0) is 0 Å². The van der Waals surface area contributed by atoms with Crippen LogP contribution in [0.25, 0.3) is 0 Å². The highest BCUT2D eigenvalue weighted by atomic mass is 35.5. The van der Waals surface area contributed by atoms with Gasteiger partial charge in [-0.15, -0.1) is 37.2 Å². The zero-order valence-corrected chi connectivity index (χ0v) is 12.7. The van der Waals surface area contributed by atoms with Gasteiger partial charge < -0.3 is 11.5 Å². The fourth-order valence-corrected chi connectivity index (χ4v) is 0.358. The first-order valence-corrected chi connectivity index (χ1v) is 4.22. The van der Waals surface area contributed by atoms with Crippen LogP contribution in [0.2, 0.25) is 0 Å². The first-order chi connectivity index (χ1) is 6.09. The topological polar surface area (TPSA) is 124 Å². The number of azo groups is 1. The van der Waals surface area contributed by atoms with Crippen LogP contribution in [0.5, 0.6) is 0 Å². The average Bonchev–Trinajstić information content (AvgIpc) is 2.01. The quantitative estimate of drug-likeness (QED) is 0.361. The van der Waals surface area contributed by atoms with Crippen molar-refractivity contribution in [1.82, 2.24) is 0 Å². The lowest BCUT2D eigenvalue weighted by molar-refractivity contribution is 0.557. The fraction of sp³-hybridized carbons (Fsp3) is 0.750. The number of nitrogens with zero attached hydrogens (tertiary/aromatic N) is 2. The van der Waals surface area contributed by atoms with Crippen LogP contribution >= 0.6 is 37.2 Å². The highest BCUT2D eigenvalue weighted by molar-refractivity contribution is 5.87. The van der Waals surface area contributed by atoms with E-state index in [0.717, 1.165) is 0 Å². The van der Waals surface area contributed by atoms with Gasteiger partial charge in [-0.2, -0.15) is 10.2 Å².